The maximum absolute atomic E-state index is 12.1. The molecule has 150 valence electrons. The molecule has 0 aliphatic heterocycles. The highest BCUT2D eigenvalue weighted by Crippen LogP contribution is 2.19. The lowest BCUT2D eigenvalue weighted by molar-refractivity contribution is -0.123. The second kappa shape index (κ2) is 9.05. The highest BCUT2D eigenvalue weighted by atomic mass is 16.5. The number of anilines is 1. The van der Waals surface area contributed by atoms with Gasteiger partial charge >= 0.3 is 5.63 Å². The Balaban J connectivity index is 1.52. The molecule has 0 aliphatic rings. The molecule has 0 bridgehead atoms. The molecular weight excluding hydrogens is 372 g/mol. The van der Waals surface area contributed by atoms with Gasteiger partial charge in [0.05, 0.1) is 0 Å². The predicted molar refractivity (Wildman–Crippen MR) is 110 cm³/mol. The molecule has 3 aromatic rings. The Morgan fingerprint density at radius 1 is 1.07 bits per heavy atom. The van der Waals surface area contributed by atoms with E-state index in [9.17, 15) is 14.4 Å². The van der Waals surface area contributed by atoms with Gasteiger partial charge in [0, 0.05) is 35.7 Å². The topological polar surface area (TPSA) is 97.6 Å². The van der Waals surface area contributed by atoms with E-state index in [1.807, 2.05) is 32.0 Å². The van der Waals surface area contributed by atoms with Crippen molar-refractivity contribution in [1.82, 2.24) is 5.32 Å². The van der Waals surface area contributed by atoms with Crippen LogP contribution >= 0.6 is 0 Å². The quantitative estimate of drug-likeness (QED) is 0.600. The van der Waals surface area contributed by atoms with Crippen molar-refractivity contribution >= 4 is 28.5 Å². The monoisotopic (exact) mass is 394 g/mol. The molecule has 1 aromatic heterocycles. The van der Waals surface area contributed by atoms with E-state index < -0.39 is 5.63 Å². The Bertz CT molecular complexity index is 1090. The van der Waals surface area contributed by atoms with E-state index in [1.165, 1.54) is 6.07 Å². The number of amides is 2. The first-order valence-electron chi connectivity index (χ1n) is 9.24. The third kappa shape index (κ3) is 5.68. The zero-order chi connectivity index (χ0) is 20.8. The largest absolute Gasteiger partial charge is 0.484 e. The summed E-state index contributed by atoms with van der Waals surface area (Å²) in [5, 5.41) is 6.37. The first-order chi connectivity index (χ1) is 13.9. The van der Waals surface area contributed by atoms with E-state index in [2.05, 4.69) is 10.6 Å². The van der Waals surface area contributed by atoms with Gasteiger partial charge in [0.2, 0.25) is 5.91 Å². The van der Waals surface area contributed by atoms with Crippen LogP contribution in [0.5, 0.6) is 5.75 Å². The van der Waals surface area contributed by atoms with E-state index >= 15 is 0 Å². The van der Waals surface area contributed by atoms with Crippen LogP contribution in [0, 0.1) is 5.92 Å². The Morgan fingerprint density at radius 3 is 2.66 bits per heavy atom. The first-order valence-corrected chi connectivity index (χ1v) is 9.24. The number of hydrogen-bond donors (Lipinski definition) is 2. The van der Waals surface area contributed by atoms with Crippen molar-refractivity contribution in [3.05, 3.63) is 70.6 Å². The summed E-state index contributed by atoms with van der Waals surface area (Å²) in [6, 6.07) is 15.3. The smallest absolute Gasteiger partial charge is 0.336 e. The van der Waals surface area contributed by atoms with Crippen LogP contribution in [-0.4, -0.2) is 18.4 Å². The van der Waals surface area contributed by atoms with Crippen molar-refractivity contribution < 1.29 is 18.7 Å². The summed E-state index contributed by atoms with van der Waals surface area (Å²) in [5.74, 6) is -0.0407. The number of hydrogen-bond acceptors (Lipinski definition) is 5. The van der Waals surface area contributed by atoms with Crippen molar-refractivity contribution in [3.8, 4) is 5.75 Å². The summed E-state index contributed by atoms with van der Waals surface area (Å²) in [6.07, 6.45) is 0. The lowest BCUT2D eigenvalue weighted by Gasteiger charge is -2.10. The SMILES string of the molecule is CC(C)C(=O)Nc1cccc(CNC(=O)COc2ccc3ccc(=O)oc3c2)c1. The summed E-state index contributed by atoms with van der Waals surface area (Å²) in [5.41, 5.74) is 1.49. The zero-order valence-electron chi connectivity index (χ0n) is 16.2. The summed E-state index contributed by atoms with van der Waals surface area (Å²) in [4.78, 5) is 35.2. The lowest BCUT2D eigenvalue weighted by Crippen LogP contribution is -2.28. The predicted octanol–water partition coefficient (Wildman–Crippen LogP) is 3.08. The Hall–Kier alpha value is -3.61. The van der Waals surface area contributed by atoms with Crippen molar-refractivity contribution in [2.24, 2.45) is 5.92 Å². The van der Waals surface area contributed by atoms with Gasteiger partial charge in [0.1, 0.15) is 11.3 Å². The van der Waals surface area contributed by atoms with Crippen LogP contribution in [0.25, 0.3) is 11.0 Å². The lowest BCUT2D eigenvalue weighted by atomic mass is 10.1. The van der Waals surface area contributed by atoms with E-state index in [4.69, 9.17) is 9.15 Å². The van der Waals surface area contributed by atoms with E-state index in [0.29, 0.717) is 23.6 Å². The minimum Gasteiger partial charge on any atom is -0.484 e. The molecule has 0 saturated heterocycles. The van der Waals surface area contributed by atoms with Crippen molar-refractivity contribution in [2.45, 2.75) is 20.4 Å². The Labute approximate surface area is 167 Å². The average Bonchev–Trinajstić information content (AvgIpc) is 2.70. The van der Waals surface area contributed by atoms with Gasteiger partial charge in [-0.05, 0) is 35.9 Å². The van der Waals surface area contributed by atoms with Crippen LogP contribution in [0.2, 0.25) is 0 Å². The number of fused-ring (bicyclic) bond motifs is 1. The Morgan fingerprint density at radius 2 is 1.86 bits per heavy atom. The molecule has 0 radical (unpaired) electrons. The van der Waals surface area contributed by atoms with Gasteiger partial charge in [-0.15, -0.1) is 0 Å². The number of ether oxygens (including phenoxy) is 1. The number of rotatable bonds is 7. The molecule has 7 nitrogen and oxygen atoms in total. The molecule has 7 heteroatoms. The van der Waals surface area contributed by atoms with Crippen LogP contribution in [-0.2, 0) is 16.1 Å². The second-order valence-electron chi connectivity index (χ2n) is 6.86. The van der Waals surface area contributed by atoms with Gasteiger partial charge < -0.3 is 19.8 Å². The number of carbonyl (C=O) groups is 2. The highest BCUT2D eigenvalue weighted by Gasteiger charge is 2.08. The van der Waals surface area contributed by atoms with Crippen LogP contribution < -0.4 is 21.0 Å². The van der Waals surface area contributed by atoms with Crippen molar-refractivity contribution in [1.29, 1.82) is 0 Å². The maximum Gasteiger partial charge on any atom is 0.336 e. The van der Waals surface area contributed by atoms with Crippen molar-refractivity contribution in [3.63, 3.8) is 0 Å². The molecule has 0 fully saturated rings. The number of carbonyl (C=O) groups excluding carboxylic acids is 2. The normalized spacial score (nSPS) is 10.7. The van der Waals surface area contributed by atoms with Crippen LogP contribution in [0.15, 0.2) is 63.8 Å². The highest BCUT2D eigenvalue weighted by molar-refractivity contribution is 5.92. The summed E-state index contributed by atoms with van der Waals surface area (Å²) >= 11 is 0. The summed E-state index contributed by atoms with van der Waals surface area (Å²) in [6.45, 7) is 3.78. The molecule has 2 aromatic carbocycles. The van der Waals surface area contributed by atoms with Gasteiger partial charge in [-0.2, -0.15) is 0 Å². The fourth-order valence-corrected chi connectivity index (χ4v) is 2.58. The molecule has 29 heavy (non-hydrogen) atoms. The third-order valence-corrected chi connectivity index (χ3v) is 4.17. The minimum absolute atomic E-state index is 0.0641. The maximum atomic E-state index is 12.1. The molecule has 0 spiro atoms. The third-order valence-electron chi connectivity index (χ3n) is 4.17. The van der Waals surface area contributed by atoms with Gasteiger partial charge in [0.25, 0.3) is 5.91 Å². The molecule has 0 unspecified atom stereocenters. The van der Waals surface area contributed by atoms with Gasteiger partial charge in [-0.3, -0.25) is 9.59 Å². The minimum atomic E-state index is -0.445. The second-order valence-corrected chi connectivity index (χ2v) is 6.86. The fraction of sp³-hybridized carbons (Fsp3) is 0.227. The van der Waals surface area contributed by atoms with Gasteiger partial charge in [0.15, 0.2) is 6.61 Å². The van der Waals surface area contributed by atoms with Gasteiger partial charge in [-0.1, -0.05) is 26.0 Å². The summed E-state index contributed by atoms with van der Waals surface area (Å²) in [7, 11) is 0. The Kier molecular flexibility index (Phi) is 6.29. The van der Waals surface area contributed by atoms with E-state index in [0.717, 1.165) is 10.9 Å². The van der Waals surface area contributed by atoms with E-state index in [1.54, 1.807) is 30.3 Å². The zero-order valence-corrected chi connectivity index (χ0v) is 16.2. The average molecular weight is 394 g/mol. The van der Waals surface area contributed by atoms with Crippen molar-refractivity contribution in [2.75, 3.05) is 11.9 Å². The number of benzene rings is 2. The molecule has 2 N–H and O–H groups in total. The molecule has 0 aliphatic carbocycles. The number of nitrogens with one attached hydrogen (secondary N) is 2. The molecular formula is C22H22N2O5. The van der Waals surface area contributed by atoms with Crippen LogP contribution in [0.1, 0.15) is 19.4 Å². The fourth-order valence-electron chi connectivity index (χ4n) is 2.58. The van der Waals surface area contributed by atoms with Crippen LogP contribution in [0.3, 0.4) is 0 Å². The standard InChI is InChI=1S/C22H22N2O5/c1-14(2)22(27)24-17-5-3-4-15(10-17)12-23-20(25)13-28-18-8-6-16-7-9-21(26)29-19(16)11-18/h3-11,14H,12-13H2,1-2H3,(H,23,25)(H,24,27). The molecule has 2 amide bonds. The summed E-state index contributed by atoms with van der Waals surface area (Å²) < 4.78 is 10.6. The van der Waals surface area contributed by atoms with E-state index in [-0.39, 0.29) is 24.3 Å². The molecule has 1 heterocycles. The molecule has 3 rings (SSSR count). The van der Waals surface area contributed by atoms with Crippen LogP contribution in [0.4, 0.5) is 5.69 Å². The molecule has 0 atom stereocenters. The first kappa shape index (κ1) is 20.1. The molecule has 0 saturated carbocycles. The van der Waals surface area contributed by atoms with Gasteiger partial charge in [-0.25, -0.2) is 4.79 Å².